The van der Waals surface area contributed by atoms with E-state index in [1.54, 1.807) is 0 Å². The summed E-state index contributed by atoms with van der Waals surface area (Å²) >= 11 is 0. The Morgan fingerprint density at radius 2 is 1.89 bits per heavy atom. The molecule has 0 spiro atoms. The van der Waals surface area contributed by atoms with Crippen molar-refractivity contribution in [1.82, 2.24) is 0 Å². The second-order valence-electron chi connectivity index (χ2n) is 6.12. The van der Waals surface area contributed by atoms with E-state index in [1.807, 2.05) is 6.26 Å². The van der Waals surface area contributed by atoms with Crippen LogP contribution in [0.1, 0.15) is 58.3 Å². The zero-order valence-electron chi connectivity index (χ0n) is 11.6. The summed E-state index contributed by atoms with van der Waals surface area (Å²) in [6.45, 7) is 3.15. The first-order valence-electron chi connectivity index (χ1n) is 7.32. The van der Waals surface area contributed by atoms with Crippen LogP contribution in [0.5, 0.6) is 0 Å². The molecule has 3 heteroatoms. The lowest BCUT2D eigenvalue weighted by atomic mass is 9.81. The highest BCUT2D eigenvalue weighted by Gasteiger charge is 2.29. The molecule has 1 aliphatic carbocycles. The Morgan fingerprint density at radius 3 is 2.56 bits per heavy atom. The average Bonchev–Trinajstić information content (AvgIpc) is 2.40. The molecule has 0 aromatic carbocycles. The van der Waals surface area contributed by atoms with E-state index in [-0.39, 0.29) is 0 Å². The molecule has 2 nitrogen and oxygen atoms in total. The summed E-state index contributed by atoms with van der Waals surface area (Å²) in [4.78, 5) is 0. The maximum Gasteiger partial charge on any atom is 0.0878 e. The standard InChI is InChI=1S/C15H26O2S/c1-15(8-11-18(16)12-9-15)7-10-17-13-14-5-3-2-4-6-14/h13H,2-12H2,1H3. The first-order chi connectivity index (χ1) is 8.68. The van der Waals surface area contributed by atoms with Crippen LogP contribution in [-0.2, 0) is 15.5 Å². The number of allylic oxidation sites excluding steroid dienone is 1. The minimum absolute atomic E-state index is 0.360. The van der Waals surface area contributed by atoms with Gasteiger partial charge in [-0.25, -0.2) is 0 Å². The van der Waals surface area contributed by atoms with Gasteiger partial charge in [-0.2, -0.15) is 0 Å². The van der Waals surface area contributed by atoms with Crippen molar-refractivity contribution >= 4 is 10.8 Å². The molecule has 0 aromatic rings. The Hall–Kier alpha value is -0.310. The topological polar surface area (TPSA) is 26.3 Å². The first kappa shape index (κ1) is 14.1. The molecule has 0 atom stereocenters. The van der Waals surface area contributed by atoms with E-state index < -0.39 is 10.8 Å². The van der Waals surface area contributed by atoms with Crippen molar-refractivity contribution in [2.45, 2.75) is 58.3 Å². The summed E-state index contributed by atoms with van der Waals surface area (Å²) < 4.78 is 17.1. The fourth-order valence-electron chi connectivity index (χ4n) is 2.80. The van der Waals surface area contributed by atoms with Crippen molar-refractivity contribution in [1.29, 1.82) is 0 Å². The minimum atomic E-state index is -0.551. The molecule has 18 heavy (non-hydrogen) atoms. The van der Waals surface area contributed by atoms with E-state index >= 15 is 0 Å². The quantitative estimate of drug-likeness (QED) is 0.574. The van der Waals surface area contributed by atoms with E-state index in [4.69, 9.17) is 4.74 Å². The third-order valence-corrected chi connectivity index (χ3v) is 5.75. The van der Waals surface area contributed by atoms with Gasteiger partial charge in [0.1, 0.15) is 0 Å². The number of hydrogen-bond acceptors (Lipinski definition) is 2. The lowest BCUT2D eigenvalue weighted by molar-refractivity contribution is 0.164. The van der Waals surface area contributed by atoms with E-state index in [9.17, 15) is 4.21 Å². The normalized spacial score (nSPS) is 33.2. The second-order valence-corrected chi connectivity index (χ2v) is 7.81. The lowest BCUT2D eigenvalue weighted by Gasteiger charge is -2.32. The Morgan fingerprint density at radius 1 is 1.22 bits per heavy atom. The van der Waals surface area contributed by atoms with Crippen LogP contribution in [0.4, 0.5) is 0 Å². The van der Waals surface area contributed by atoms with Gasteiger partial charge in [0.05, 0.1) is 12.9 Å². The second kappa shape index (κ2) is 6.74. The molecule has 0 bridgehead atoms. The molecule has 0 aromatic heterocycles. The summed E-state index contributed by atoms with van der Waals surface area (Å²) in [7, 11) is -0.551. The van der Waals surface area contributed by atoms with Crippen molar-refractivity contribution in [2.75, 3.05) is 18.1 Å². The highest BCUT2D eigenvalue weighted by molar-refractivity contribution is 7.85. The van der Waals surface area contributed by atoms with E-state index in [0.717, 1.165) is 37.4 Å². The molecule has 1 aliphatic heterocycles. The third kappa shape index (κ3) is 4.42. The van der Waals surface area contributed by atoms with Crippen LogP contribution >= 0.6 is 0 Å². The molecule has 0 radical (unpaired) electrons. The van der Waals surface area contributed by atoms with E-state index in [1.165, 1.54) is 37.7 Å². The highest BCUT2D eigenvalue weighted by atomic mass is 32.2. The average molecular weight is 270 g/mol. The van der Waals surface area contributed by atoms with Crippen LogP contribution in [0.3, 0.4) is 0 Å². The van der Waals surface area contributed by atoms with Crippen LogP contribution in [0.2, 0.25) is 0 Å². The van der Waals surface area contributed by atoms with Crippen LogP contribution in [-0.4, -0.2) is 22.3 Å². The molecule has 0 N–H and O–H groups in total. The van der Waals surface area contributed by atoms with Gasteiger partial charge in [-0.15, -0.1) is 0 Å². The molecular weight excluding hydrogens is 244 g/mol. The summed E-state index contributed by atoms with van der Waals surface area (Å²) in [5, 5.41) is 0. The van der Waals surface area contributed by atoms with Gasteiger partial charge in [-0.1, -0.05) is 13.3 Å². The van der Waals surface area contributed by atoms with Gasteiger partial charge in [0.15, 0.2) is 0 Å². The van der Waals surface area contributed by atoms with Crippen molar-refractivity contribution in [2.24, 2.45) is 5.41 Å². The zero-order chi connectivity index (χ0) is 12.8. The SMILES string of the molecule is CC1(CCOC=C2CCCCC2)CCS(=O)CC1. The Kier molecular flexibility index (Phi) is 5.28. The van der Waals surface area contributed by atoms with Gasteiger partial charge in [-0.05, 0) is 55.9 Å². The fourth-order valence-corrected chi connectivity index (χ4v) is 4.45. The Balaban J connectivity index is 1.66. The highest BCUT2D eigenvalue weighted by Crippen LogP contribution is 2.34. The van der Waals surface area contributed by atoms with Gasteiger partial charge < -0.3 is 4.74 Å². The zero-order valence-corrected chi connectivity index (χ0v) is 12.4. The van der Waals surface area contributed by atoms with Crippen molar-refractivity contribution in [3.63, 3.8) is 0 Å². The first-order valence-corrected chi connectivity index (χ1v) is 8.81. The van der Waals surface area contributed by atoms with Crippen LogP contribution < -0.4 is 0 Å². The molecule has 2 aliphatic rings. The monoisotopic (exact) mass is 270 g/mol. The molecule has 0 amide bonds. The fraction of sp³-hybridized carbons (Fsp3) is 0.867. The minimum Gasteiger partial charge on any atom is -0.501 e. The van der Waals surface area contributed by atoms with Crippen LogP contribution in [0.15, 0.2) is 11.8 Å². The lowest BCUT2D eigenvalue weighted by Crippen LogP contribution is -2.29. The maximum atomic E-state index is 11.4. The molecular formula is C15H26O2S. The Labute approximate surface area is 114 Å². The number of ether oxygens (including phenoxy) is 1. The molecule has 1 saturated carbocycles. The van der Waals surface area contributed by atoms with Crippen molar-refractivity contribution < 1.29 is 8.95 Å². The molecule has 2 rings (SSSR count). The van der Waals surface area contributed by atoms with Crippen molar-refractivity contribution in [3.8, 4) is 0 Å². The maximum absolute atomic E-state index is 11.4. The third-order valence-electron chi connectivity index (χ3n) is 4.44. The molecule has 2 fully saturated rings. The molecule has 104 valence electrons. The summed E-state index contributed by atoms with van der Waals surface area (Å²) in [5.74, 6) is 1.77. The van der Waals surface area contributed by atoms with Gasteiger partial charge in [0.2, 0.25) is 0 Å². The van der Waals surface area contributed by atoms with Gasteiger partial charge in [-0.3, -0.25) is 4.21 Å². The van der Waals surface area contributed by atoms with Gasteiger partial charge >= 0.3 is 0 Å². The van der Waals surface area contributed by atoms with Gasteiger partial charge in [0, 0.05) is 22.3 Å². The van der Waals surface area contributed by atoms with Crippen LogP contribution in [0, 0.1) is 5.41 Å². The van der Waals surface area contributed by atoms with Crippen molar-refractivity contribution in [3.05, 3.63) is 11.8 Å². The van der Waals surface area contributed by atoms with Gasteiger partial charge in [0.25, 0.3) is 0 Å². The van der Waals surface area contributed by atoms with Crippen LogP contribution in [0.25, 0.3) is 0 Å². The smallest absolute Gasteiger partial charge is 0.0878 e. The number of hydrogen-bond donors (Lipinski definition) is 0. The predicted molar refractivity (Wildman–Crippen MR) is 77.0 cm³/mol. The number of rotatable bonds is 4. The van der Waals surface area contributed by atoms with E-state index in [0.29, 0.717) is 5.41 Å². The summed E-state index contributed by atoms with van der Waals surface area (Å²) in [6.07, 6.45) is 11.8. The summed E-state index contributed by atoms with van der Waals surface area (Å²) in [5.41, 5.74) is 1.86. The molecule has 0 unspecified atom stereocenters. The predicted octanol–water partition coefficient (Wildman–Crippen LogP) is 3.79. The Bertz CT molecular complexity index is 304. The molecule has 1 saturated heterocycles. The summed E-state index contributed by atoms with van der Waals surface area (Å²) in [6, 6.07) is 0. The van der Waals surface area contributed by atoms with E-state index in [2.05, 4.69) is 6.92 Å². The largest absolute Gasteiger partial charge is 0.501 e. The molecule has 1 heterocycles.